The Kier molecular flexibility index (Phi) is 35.5. The van der Waals surface area contributed by atoms with Gasteiger partial charge in [-0.1, -0.05) is 58.9 Å². The normalized spacial score (nSPS) is 15.4. The maximum absolute atomic E-state index is 14.2. The number of thioether (sulfide) groups is 1. The summed E-state index contributed by atoms with van der Waals surface area (Å²) in [6.45, 7) is 9.68. The van der Waals surface area contributed by atoms with E-state index in [1.54, 1.807) is 11.8 Å². The Morgan fingerprint density at radius 3 is 1.45 bits per heavy atom. The van der Waals surface area contributed by atoms with Crippen LogP contribution in [0.3, 0.4) is 0 Å². The molecule has 0 aliphatic carbocycles. The molecule has 0 saturated carbocycles. The molecule has 0 spiro atoms. The van der Waals surface area contributed by atoms with Crippen molar-refractivity contribution in [3.8, 4) is 0 Å². The highest BCUT2D eigenvalue weighted by atomic mass is 32.2. The number of ether oxygens (including phenoxy) is 1. The summed E-state index contributed by atoms with van der Waals surface area (Å²) in [6, 6.07) is -6.82. The second kappa shape index (κ2) is 41.0. The predicted molar refractivity (Wildman–Crippen MR) is 335 cm³/mol. The zero-order valence-electron chi connectivity index (χ0n) is 53.8. The number of rotatable bonds is 44. The Balaban J connectivity index is 2.33. The van der Waals surface area contributed by atoms with Crippen molar-refractivity contribution in [1.29, 1.82) is 0 Å². The molecular weight excluding hydrogens is 1260 g/mol. The van der Waals surface area contributed by atoms with E-state index in [0.717, 1.165) is 0 Å². The van der Waals surface area contributed by atoms with Crippen molar-refractivity contribution in [3.63, 3.8) is 0 Å². The minimum atomic E-state index is -1.94. The number of carboxylic acid groups (broad SMARTS) is 5. The zero-order valence-corrected chi connectivity index (χ0v) is 54.7. The van der Waals surface area contributed by atoms with Crippen LogP contribution in [0, 0.1) is 11.3 Å². The number of Topliss-reactive ketones (excluding diaryl/α,β-unsaturated/α-hetero) is 1. The first-order valence-corrected chi connectivity index (χ1v) is 31.9. The van der Waals surface area contributed by atoms with Gasteiger partial charge in [0.15, 0.2) is 5.78 Å². The Hall–Kier alpha value is -8.79. The van der Waals surface area contributed by atoms with Crippen molar-refractivity contribution in [2.45, 2.75) is 186 Å². The van der Waals surface area contributed by atoms with Crippen LogP contribution in [0.4, 0.5) is 0 Å². The Morgan fingerprint density at radius 1 is 0.585 bits per heavy atom. The summed E-state index contributed by atoms with van der Waals surface area (Å²) in [7, 11) is 0. The van der Waals surface area contributed by atoms with E-state index in [1.807, 2.05) is 40.9 Å². The molecule has 0 radical (unpaired) electrons. The molecule has 94 heavy (non-hydrogen) atoms. The fourth-order valence-corrected chi connectivity index (χ4v) is 10.3. The van der Waals surface area contributed by atoms with Gasteiger partial charge < -0.3 is 88.8 Å². The number of hydrogen-bond donors (Lipinski definition) is 15. The van der Waals surface area contributed by atoms with Crippen LogP contribution in [0.2, 0.25) is 0 Å². The molecule has 1 saturated heterocycles. The molecule has 1 aliphatic rings. The summed E-state index contributed by atoms with van der Waals surface area (Å²) >= 11 is 1.57. The van der Waals surface area contributed by atoms with Crippen LogP contribution in [0.25, 0.3) is 0 Å². The van der Waals surface area contributed by atoms with Crippen molar-refractivity contribution in [2.75, 3.05) is 44.9 Å². The lowest BCUT2D eigenvalue weighted by Gasteiger charge is -2.31. The Bertz CT molecular complexity index is 2850. The largest absolute Gasteiger partial charge is 0.481 e. The van der Waals surface area contributed by atoms with Crippen molar-refractivity contribution < 1.29 is 107 Å². The predicted octanol–water partition coefficient (Wildman–Crippen LogP) is -1.83. The van der Waals surface area contributed by atoms with Crippen molar-refractivity contribution in [2.24, 2.45) is 17.1 Å². The molecule has 1 aliphatic heterocycles. The van der Waals surface area contributed by atoms with Gasteiger partial charge in [-0.2, -0.15) is 11.8 Å². The lowest BCUT2D eigenvalue weighted by Crippen LogP contribution is -2.59. The second-order valence-electron chi connectivity index (χ2n) is 24.0. The summed E-state index contributed by atoms with van der Waals surface area (Å²) in [5.74, 6) is -16.1. The Labute approximate surface area is 547 Å². The number of hydrogen-bond acceptors (Lipinski definition) is 19. The van der Waals surface area contributed by atoms with Crippen LogP contribution >= 0.6 is 11.8 Å². The maximum Gasteiger partial charge on any atom is 0.303 e. The molecular formula is C60H91N11O22S. The molecule has 10 amide bonds. The second-order valence-corrected chi connectivity index (χ2v) is 24.9. The third-order valence-electron chi connectivity index (χ3n) is 14.7. The molecule has 1 aromatic carbocycles. The quantitative estimate of drug-likeness (QED) is 0.0252. The number of aliphatic carboxylic acids is 5. The van der Waals surface area contributed by atoms with E-state index < -0.39 is 208 Å². The Morgan fingerprint density at radius 2 is 1.02 bits per heavy atom. The van der Waals surface area contributed by atoms with E-state index in [2.05, 4.69) is 47.9 Å². The van der Waals surface area contributed by atoms with E-state index in [-0.39, 0.29) is 68.7 Å². The first-order valence-electron chi connectivity index (χ1n) is 30.5. The summed E-state index contributed by atoms with van der Waals surface area (Å²) in [6.07, 6.45) is -4.40. The van der Waals surface area contributed by atoms with Gasteiger partial charge in [0, 0.05) is 69.0 Å². The van der Waals surface area contributed by atoms with Gasteiger partial charge in [-0.25, -0.2) is 0 Å². The molecule has 16 N–H and O–H groups in total. The van der Waals surface area contributed by atoms with Crippen molar-refractivity contribution in [1.82, 2.24) is 52.8 Å². The van der Waals surface area contributed by atoms with Gasteiger partial charge in [-0.3, -0.25) is 76.7 Å². The highest BCUT2D eigenvalue weighted by Crippen LogP contribution is 2.22. The van der Waals surface area contributed by atoms with Crippen LogP contribution in [0.1, 0.15) is 141 Å². The van der Waals surface area contributed by atoms with Gasteiger partial charge in [-0.15, -0.1) is 0 Å². The number of likely N-dealkylation sites (tertiary alicyclic amines) is 1. The number of nitrogens with zero attached hydrogens (tertiary/aromatic N) is 1. The van der Waals surface area contributed by atoms with Gasteiger partial charge in [0.2, 0.25) is 59.1 Å². The highest BCUT2D eigenvalue weighted by Gasteiger charge is 2.38. The van der Waals surface area contributed by atoms with Crippen LogP contribution < -0.4 is 53.6 Å². The van der Waals surface area contributed by atoms with Crippen LogP contribution in [0.15, 0.2) is 24.3 Å². The third-order valence-corrected chi connectivity index (χ3v) is 15.3. The fraction of sp³-hybridized carbons (Fsp3) is 0.633. The van der Waals surface area contributed by atoms with E-state index in [0.29, 0.717) is 23.3 Å². The SMILES string of the molecule is CSC[C@H](NC(=O)CNC(=O)[C@H](CC(C)C)NC(=O)[C@@H]1CCCN1C(=O)COCCNC(=O)[C@H](Cc1ccc(C(C)=O)cc1)NC(=O)[C@@H](CCC(=O)O)NC(=O)[C@@H](CCC(=O)O)NC(=O)[C@@H](CCC(=O)O)NC(=O)[C@@H](CCC(=O)O)NC(=O)[C@H](N)CCC(=O)O)C(C)(C)C. The number of carbonyl (C=O) groups excluding carboxylic acids is 11. The van der Waals surface area contributed by atoms with Gasteiger partial charge in [0.25, 0.3) is 0 Å². The van der Waals surface area contributed by atoms with Crippen LogP contribution in [-0.2, 0) is 83.1 Å². The molecule has 0 bridgehead atoms. The highest BCUT2D eigenvalue weighted by molar-refractivity contribution is 7.98. The van der Waals surface area contributed by atoms with Gasteiger partial charge in [-0.05, 0) is 81.4 Å². The first kappa shape index (κ1) is 81.3. The molecule has 0 aromatic heterocycles. The number of nitrogens with one attached hydrogen (secondary N) is 9. The molecule has 1 aromatic rings. The summed E-state index contributed by atoms with van der Waals surface area (Å²) < 4.78 is 5.60. The zero-order chi connectivity index (χ0) is 71.0. The summed E-state index contributed by atoms with van der Waals surface area (Å²) in [5.41, 5.74) is 6.18. The smallest absolute Gasteiger partial charge is 0.303 e. The number of nitrogens with two attached hydrogens (primary N) is 1. The molecule has 0 unspecified atom stereocenters. The number of carboxylic acids is 5. The lowest BCUT2D eigenvalue weighted by atomic mass is 9.88. The maximum atomic E-state index is 14.2. The van der Waals surface area contributed by atoms with Crippen LogP contribution in [0.5, 0.6) is 0 Å². The molecule has 524 valence electrons. The number of ketones is 1. The topological polar surface area (TPSA) is 521 Å². The summed E-state index contributed by atoms with van der Waals surface area (Å²) in [5, 5.41) is 69.2. The van der Waals surface area contributed by atoms with E-state index in [1.165, 1.54) is 36.1 Å². The monoisotopic (exact) mass is 1350 g/mol. The lowest BCUT2D eigenvalue weighted by molar-refractivity contribution is -0.142. The number of carbonyl (C=O) groups is 16. The molecule has 1 fully saturated rings. The minimum Gasteiger partial charge on any atom is -0.481 e. The molecule has 2 rings (SSSR count). The molecule has 33 nitrogen and oxygen atoms in total. The fourth-order valence-electron chi connectivity index (χ4n) is 9.38. The standard InChI is InChI=1S/C60H91N11O22S/c1-32(2)27-41(54(87)63-29-45(73)70-44(31-94-7)60(4,5)6)69-59(92)43-9-8-25-71(43)46(74)30-93-26-24-62-53(86)42(28-34-10-12-35(13-11-34)33(3)72)68-58(91)40(18-23-51(83)84)67-57(90)39(17-22-50(81)82)66-56(89)38(16-21-49(79)80)65-55(88)37(15-20-48(77)78)64-52(85)36(61)14-19-47(75)76/h10-13,32,36-44H,8-9,14-31,61H2,1-7H3,(H,62,86)(H,63,87)(H,64,85)(H,65,88)(H,66,89)(H,67,90)(H,68,91)(H,69,92)(H,70,73)(H,75,76)(H,77,78)(H,79,80)(H,81,82)(H,83,84)/t36-,37-,38-,39-,40-,41+,42+,43+,44+/m1/s1. The van der Waals surface area contributed by atoms with Gasteiger partial charge >= 0.3 is 29.8 Å². The average molecular weight is 1350 g/mol. The molecule has 9 atom stereocenters. The van der Waals surface area contributed by atoms with Crippen molar-refractivity contribution >= 4 is 106 Å². The van der Waals surface area contributed by atoms with E-state index >= 15 is 0 Å². The first-order chi connectivity index (χ1) is 44.0. The van der Waals surface area contributed by atoms with Gasteiger partial charge in [0.1, 0.15) is 48.9 Å². The van der Waals surface area contributed by atoms with Gasteiger partial charge in [0.05, 0.1) is 19.2 Å². The third kappa shape index (κ3) is 31.2. The molecule has 1 heterocycles. The molecule has 34 heteroatoms. The number of amides is 10. The minimum absolute atomic E-state index is 0.0556. The average Bonchev–Trinajstić information content (AvgIpc) is 1.56. The van der Waals surface area contributed by atoms with E-state index in [4.69, 9.17) is 15.6 Å². The van der Waals surface area contributed by atoms with E-state index in [9.17, 15) is 97.1 Å². The summed E-state index contributed by atoms with van der Waals surface area (Å²) in [4.78, 5) is 208. The van der Waals surface area contributed by atoms with Crippen molar-refractivity contribution in [3.05, 3.63) is 35.4 Å². The van der Waals surface area contributed by atoms with Crippen LogP contribution in [-0.4, -0.2) is 224 Å². The number of benzene rings is 1.